The topological polar surface area (TPSA) is 34.0 Å². The molecule has 1 aliphatic rings. The molecular weight excluding hydrogens is 536 g/mol. The Balaban J connectivity index is 1.39. The third kappa shape index (κ3) is 4.58. The summed E-state index contributed by atoms with van der Waals surface area (Å²) >= 11 is 0. The fourth-order valence-electron chi connectivity index (χ4n) is 6.28. The van der Waals surface area contributed by atoms with E-state index in [-0.39, 0.29) is 0 Å². The van der Waals surface area contributed by atoms with Gasteiger partial charge in [0.1, 0.15) is 11.6 Å². The Hall–Kier alpha value is -5.74. The summed E-state index contributed by atoms with van der Waals surface area (Å²) in [7, 11) is 0. The van der Waals surface area contributed by atoms with E-state index < -0.39 is 0 Å². The number of hydrogen-bond donors (Lipinski definition) is 0. The molecule has 0 atom stereocenters. The van der Waals surface area contributed by atoms with Crippen molar-refractivity contribution in [3.63, 3.8) is 0 Å². The van der Waals surface area contributed by atoms with Crippen LogP contribution in [0, 0.1) is 0 Å². The Morgan fingerprint density at radius 1 is 0.500 bits per heavy atom. The molecule has 8 rings (SSSR count). The van der Waals surface area contributed by atoms with E-state index in [9.17, 15) is 0 Å². The Bertz CT molecular complexity index is 2180. The predicted octanol–water partition coefficient (Wildman–Crippen LogP) is 9.71. The molecule has 0 fully saturated rings. The molecule has 4 aromatic carbocycles. The first-order chi connectivity index (χ1) is 21.8. The fraction of sp³-hybridized carbons (Fsp3) is 0.0500. The Morgan fingerprint density at radius 2 is 1.14 bits per heavy atom. The molecule has 4 heteroatoms. The van der Waals surface area contributed by atoms with Gasteiger partial charge in [-0.3, -0.25) is 4.57 Å². The molecule has 7 aromatic rings. The van der Waals surface area contributed by atoms with Crippen LogP contribution in [0.25, 0.3) is 50.1 Å². The van der Waals surface area contributed by atoms with Gasteiger partial charge >= 0.3 is 0 Å². The summed E-state index contributed by atoms with van der Waals surface area (Å²) in [5.74, 6) is 1.82. The summed E-state index contributed by atoms with van der Waals surface area (Å²) in [5, 5.41) is 2.41. The van der Waals surface area contributed by atoms with Crippen molar-refractivity contribution in [3.8, 4) is 28.3 Å². The molecule has 0 radical (unpaired) electrons. The number of nitrogens with zero attached hydrogens (tertiary/aromatic N) is 4. The van der Waals surface area contributed by atoms with Crippen LogP contribution < -0.4 is 4.90 Å². The maximum atomic E-state index is 5.22. The lowest BCUT2D eigenvalue weighted by atomic mass is 10.0. The van der Waals surface area contributed by atoms with E-state index in [1.807, 2.05) is 12.1 Å². The molecule has 0 saturated heterocycles. The number of anilines is 2. The van der Waals surface area contributed by atoms with Crippen molar-refractivity contribution in [2.75, 3.05) is 11.4 Å². The van der Waals surface area contributed by atoms with Gasteiger partial charge in [-0.25, -0.2) is 9.97 Å². The number of aromatic nitrogens is 3. The van der Waals surface area contributed by atoms with Crippen LogP contribution in [0.15, 0.2) is 158 Å². The van der Waals surface area contributed by atoms with Crippen LogP contribution in [0.1, 0.15) is 5.56 Å². The van der Waals surface area contributed by atoms with Gasteiger partial charge in [-0.2, -0.15) is 0 Å². The average molecular weight is 567 g/mol. The van der Waals surface area contributed by atoms with Gasteiger partial charge in [-0.1, -0.05) is 121 Å². The molecule has 44 heavy (non-hydrogen) atoms. The van der Waals surface area contributed by atoms with Crippen LogP contribution in [0.3, 0.4) is 0 Å². The van der Waals surface area contributed by atoms with Crippen molar-refractivity contribution in [2.45, 2.75) is 6.42 Å². The summed E-state index contributed by atoms with van der Waals surface area (Å²) in [4.78, 5) is 12.8. The zero-order valence-corrected chi connectivity index (χ0v) is 24.2. The minimum Gasteiger partial charge on any atom is -0.322 e. The fourth-order valence-corrected chi connectivity index (χ4v) is 6.28. The van der Waals surface area contributed by atoms with E-state index in [1.165, 1.54) is 22.0 Å². The number of rotatable bonds is 4. The van der Waals surface area contributed by atoms with Crippen molar-refractivity contribution >= 4 is 33.3 Å². The van der Waals surface area contributed by atoms with Crippen LogP contribution in [0.2, 0.25) is 0 Å². The van der Waals surface area contributed by atoms with Gasteiger partial charge in [-0.15, -0.1) is 0 Å². The van der Waals surface area contributed by atoms with E-state index in [0.29, 0.717) is 6.54 Å². The van der Waals surface area contributed by atoms with Crippen LogP contribution in [-0.4, -0.2) is 21.1 Å². The third-order valence-electron chi connectivity index (χ3n) is 8.29. The molecule has 1 aliphatic heterocycles. The first-order valence-electron chi connectivity index (χ1n) is 15.0. The van der Waals surface area contributed by atoms with Crippen molar-refractivity contribution < 1.29 is 0 Å². The highest BCUT2D eigenvalue weighted by molar-refractivity contribution is 6.16. The SMILES string of the molecule is C1=C\Cc2ccc3c(c2N(c2cccc(-c4ccccc4)n2)C\C=C/1)c1ccccc1n3-c1cccc(-c2ccccc2)n1. The zero-order valence-electron chi connectivity index (χ0n) is 24.2. The maximum Gasteiger partial charge on any atom is 0.138 e. The molecule has 0 N–H and O–H groups in total. The second-order valence-corrected chi connectivity index (χ2v) is 11.0. The largest absolute Gasteiger partial charge is 0.322 e. The van der Waals surface area contributed by atoms with Crippen molar-refractivity contribution in [2.24, 2.45) is 0 Å². The van der Waals surface area contributed by atoms with E-state index >= 15 is 0 Å². The standard InChI is InChI=1S/C40H30N4/c1-2-12-28-43(37-24-13-21-33(41-37)29-15-6-3-7-16-29)40-31(19-5-1)26-27-36-39(40)32-20-10-11-23-35(32)44(36)38-25-14-22-34(42-38)30-17-8-4-9-18-30/h1-18,20-27H,19,28H2/b5-1-,12-2-. The monoisotopic (exact) mass is 566 g/mol. The van der Waals surface area contributed by atoms with E-state index in [1.54, 1.807) is 0 Å². The lowest BCUT2D eigenvalue weighted by Crippen LogP contribution is -2.20. The molecule has 4 heterocycles. The highest BCUT2D eigenvalue weighted by atomic mass is 15.2. The maximum absolute atomic E-state index is 5.22. The highest BCUT2D eigenvalue weighted by Gasteiger charge is 2.23. The van der Waals surface area contributed by atoms with Crippen LogP contribution >= 0.6 is 0 Å². The lowest BCUT2D eigenvalue weighted by Gasteiger charge is -2.26. The van der Waals surface area contributed by atoms with Gasteiger partial charge < -0.3 is 4.90 Å². The van der Waals surface area contributed by atoms with Crippen LogP contribution in [0.5, 0.6) is 0 Å². The molecule has 3 aromatic heterocycles. The number of para-hydroxylation sites is 1. The summed E-state index contributed by atoms with van der Waals surface area (Å²) < 4.78 is 2.31. The molecule has 0 bridgehead atoms. The molecule has 0 amide bonds. The summed E-state index contributed by atoms with van der Waals surface area (Å²) in [6, 6.07) is 46.6. The molecule has 0 spiro atoms. The van der Waals surface area contributed by atoms with Gasteiger partial charge in [-0.05, 0) is 48.4 Å². The second-order valence-electron chi connectivity index (χ2n) is 11.0. The van der Waals surface area contributed by atoms with Crippen LogP contribution in [0.4, 0.5) is 11.5 Å². The first-order valence-corrected chi connectivity index (χ1v) is 15.0. The lowest BCUT2D eigenvalue weighted by molar-refractivity contribution is 1.04. The molecule has 0 aliphatic carbocycles. The van der Waals surface area contributed by atoms with Crippen molar-refractivity contribution in [1.82, 2.24) is 14.5 Å². The van der Waals surface area contributed by atoms with E-state index in [2.05, 4.69) is 155 Å². The van der Waals surface area contributed by atoms with E-state index in [0.717, 1.165) is 51.6 Å². The summed E-state index contributed by atoms with van der Waals surface area (Å²) in [6.07, 6.45) is 9.56. The van der Waals surface area contributed by atoms with Crippen molar-refractivity contribution in [1.29, 1.82) is 0 Å². The van der Waals surface area contributed by atoms with E-state index in [4.69, 9.17) is 9.97 Å². The molecule has 4 nitrogen and oxygen atoms in total. The molecular formula is C40H30N4. The van der Waals surface area contributed by atoms with Gasteiger partial charge in [0.2, 0.25) is 0 Å². The molecule has 0 saturated carbocycles. The van der Waals surface area contributed by atoms with Gasteiger partial charge in [0.25, 0.3) is 0 Å². The normalized spacial score (nSPS) is 14.5. The number of allylic oxidation sites excluding steroid dienone is 3. The van der Waals surface area contributed by atoms with Crippen molar-refractivity contribution in [3.05, 3.63) is 163 Å². The third-order valence-corrected chi connectivity index (χ3v) is 8.29. The average Bonchev–Trinajstić information content (AvgIpc) is 3.48. The molecule has 210 valence electrons. The number of hydrogen-bond acceptors (Lipinski definition) is 3. The predicted molar refractivity (Wildman–Crippen MR) is 183 cm³/mol. The second kappa shape index (κ2) is 11.2. The summed E-state index contributed by atoms with van der Waals surface area (Å²) in [5.41, 5.74) is 8.83. The van der Waals surface area contributed by atoms with Gasteiger partial charge in [0, 0.05) is 28.4 Å². The Kier molecular flexibility index (Phi) is 6.58. The first kappa shape index (κ1) is 25.9. The molecule has 0 unspecified atom stereocenters. The number of benzene rings is 4. The number of pyridine rings is 2. The Labute approximate surface area is 256 Å². The quantitative estimate of drug-likeness (QED) is 0.213. The van der Waals surface area contributed by atoms with Gasteiger partial charge in [0.15, 0.2) is 0 Å². The minimum absolute atomic E-state index is 0.697. The number of fused-ring (bicyclic) bond motifs is 5. The van der Waals surface area contributed by atoms with Crippen LogP contribution in [-0.2, 0) is 6.42 Å². The summed E-state index contributed by atoms with van der Waals surface area (Å²) in [6.45, 7) is 0.697. The highest BCUT2D eigenvalue weighted by Crippen LogP contribution is 2.43. The smallest absolute Gasteiger partial charge is 0.138 e. The van der Waals surface area contributed by atoms with Gasteiger partial charge in [0.05, 0.1) is 28.1 Å². The Morgan fingerprint density at radius 3 is 1.89 bits per heavy atom. The zero-order chi connectivity index (χ0) is 29.3. The minimum atomic E-state index is 0.697.